The number of likely N-dealkylation sites (N-methyl/N-ethyl adjacent to an activating group) is 1. The van der Waals surface area contributed by atoms with Crippen molar-refractivity contribution in [3.05, 3.63) is 11.5 Å². The highest BCUT2D eigenvalue weighted by molar-refractivity contribution is 6.28. The fraction of sp³-hybridized carbons (Fsp3) is 0.615. The molecule has 104 valence electrons. The molecule has 0 spiro atoms. The van der Waals surface area contributed by atoms with Crippen LogP contribution in [0.25, 0.3) is 0 Å². The molecule has 0 saturated carbocycles. The van der Waals surface area contributed by atoms with Gasteiger partial charge in [-0.15, -0.1) is 0 Å². The molecule has 0 fully saturated rings. The third-order valence-electron chi connectivity index (χ3n) is 3.15. The van der Waals surface area contributed by atoms with Crippen LogP contribution in [-0.4, -0.2) is 35.5 Å². The van der Waals surface area contributed by atoms with Crippen molar-refractivity contribution < 1.29 is 4.79 Å². The van der Waals surface area contributed by atoms with Gasteiger partial charge in [0, 0.05) is 13.6 Å². The molecule has 6 heteroatoms. The zero-order valence-electron chi connectivity index (χ0n) is 11.9. The molecule has 0 aliphatic carbocycles. The standard InChI is InChI=1S/C13H19ClN4O/c1-8-11(19)17(5)9-6-15-12(14)16-10(9)18(8)7-13(2,3)4/h6,8H,7H2,1-5H3. The maximum Gasteiger partial charge on any atom is 0.249 e. The van der Waals surface area contributed by atoms with Gasteiger partial charge in [-0.2, -0.15) is 4.98 Å². The summed E-state index contributed by atoms with van der Waals surface area (Å²) in [5.41, 5.74) is 0.760. The number of anilines is 2. The summed E-state index contributed by atoms with van der Waals surface area (Å²) >= 11 is 5.89. The summed E-state index contributed by atoms with van der Waals surface area (Å²) < 4.78 is 0. The smallest absolute Gasteiger partial charge is 0.249 e. The van der Waals surface area contributed by atoms with Gasteiger partial charge in [-0.05, 0) is 23.9 Å². The molecule has 1 aliphatic rings. The normalized spacial score (nSPS) is 19.7. The summed E-state index contributed by atoms with van der Waals surface area (Å²) in [4.78, 5) is 24.1. The van der Waals surface area contributed by atoms with E-state index in [9.17, 15) is 4.79 Å². The maximum atomic E-state index is 12.3. The molecule has 19 heavy (non-hydrogen) atoms. The summed E-state index contributed by atoms with van der Waals surface area (Å²) in [6.45, 7) is 9.01. The van der Waals surface area contributed by atoms with E-state index in [1.165, 1.54) is 0 Å². The van der Waals surface area contributed by atoms with Crippen molar-refractivity contribution in [1.29, 1.82) is 0 Å². The number of carbonyl (C=O) groups excluding carboxylic acids is 1. The Kier molecular flexibility index (Phi) is 3.43. The number of hydrogen-bond acceptors (Lipinski definition) is 4. The fourth-order valence-corrected chi connectivity index (χ4v) is 2.36. The lowest BCUT2D eigenvalue weighted by atomic mass is 9.94. The molecule has 0 saturated heterocycles. The molecule has 0 radical (unpaired) electrons. The van der Waals surface area contributed by atoms with E-state index in [1.807, 2.05) is 11.8 Å². The first-order valence-electron chi connectivity index (χ1n) is 6.27. The molecular weight excluding hydrogens is 264 g/mol. The van der Waals surface area contributed by atoms with E-state index >= 15 is 0 Å². The van der Waals surface area contributed by atoms with Crippen molar-refractivity contribution in [2.75, 3.05) is 23.4 Å². The molecule has 5 nitrogen and oxygen atoms in total. The minimum absolute atomic E-state index is 0.0441. The van der Waals surface area contributed by atoms with Crippen LogP contribution < -0.4 is 9.80 Å². The van der Waals surface area contributed by atoms with Crippen LogP contribution >= 0.6 is 11.6 Å². The molecule has 2 rings (SSSR count). The van der Waals surface area contributed by atoms with Crippen LogP contribution in [0.1, 0.15) is 27.7 Å². The second-order valence-corrected chi connectivity index (χ2v) is 6.45. The number of nitrogens with zero attached hydrogens (tertiary/aromatic N) is 4. The molecule has 0 bridgehead atoms. The van der Waals surface area contributed by atoms with E-state index < -0.39 is 0 Å². The Bertz CT molecular complexity index is 512. The summed E-state index contributed by atoms with van der Waals surface area (Å²) in [6.07, 6.45) is 1.60. The van der Waals surface area contributed by atoms with Crippen molar-refractivity contribution >= 4 is 29.0 Å². The first-order valence-corrected chi connectivity index (χ1v) is 6.65. The molecule has 0 N–H and O–H groups in total. The van der Waals surface area contributed by atoms with Crippen LogP contribution in [0.15, 0.2) is 6.20 Å². The Morgan fingerprint density at radius 2 is 2.05 bits per heavy atom. The highest BCUT2D eigenvalue weighted by atomic mass is 35.5. The lowest BCUT2D eigenvalue weighted by Crippen LogP contribution is -2.53. The van der Waals surface area contributed by atoms with Crippen LogP contribution in [0.2, 0.25) is 5.28 Å². The number of fused-ring (bicyclic) bond motifs is 1. The summed E-state index contributed by atoms with van der Waals surface area (Å²) in [5.74, 6) is 0.771. The summed E-state index contributed by atoms with van der Waals surface area (Å²) in [5, 5.41) is 0.201. The van der Waals surface area contributed by atoms with Crippen molar-refractivity contribution in [1.82, 2.24) is 9.97 Å². The second-order valence-electron chi connectivity index (χ2n) is 6.11. The average Bonchev–Trinajstić information content (AvgIpc) is 2.30. The third kappa shape index (κ3) is 2.66. The number of carbonyl (C=O) groups is 1. The molecule has 1 aromatic rings. The SMILES string of the molecule is CC1C(=O)N(C)c2cnc(Cl)nc2N1CC(C)(C)C. The lowest BCUT2D eigenvalue weighted by Gasteiger charge is -2.41. The second kappa shape index (κ2) is 4.63. The van der Waals surface area contributed by atoms with Crippen molar-refractivity contribution in [2.24, 2.45) is 5.41 Å². The summed E-state index contributed by atoms with van der Waals surface area (Å²) in [6, 6.07) is -0.248. The van der Waals surface area contributed by atoms with Crippen LogP contribution in [0, 0.1) is 5.41 Å². The Balaban J connectivity index is 2.51. The molecule has 1 amide bonds. The van der Waals surface area contributed by atoms with Gasteiger partial charge in [-0.3, -0.25) is 4.79 Å². The van der Waals surface area contributed by atoms with Gasteiger partial charge in [0.15, 0.2) is 5.82 Å². The Morgan fingerprint density at radius 1 is 1.42 bits per heavy atom. The Labute approximate surface area is 118 Å². The minimum atomic E-state index is -0.248. The lowest BCUT2D eigenvalue weighted by molar-refractivity contribution is -0.119. The molecule has 2 heterocycles. The van der Waals surface area contributed by atoms with E-state index in [4.69, 9.17) is 11.6 Å². The van der Waals surface area contributed by atoms with E-state index in [2.05, 4.69) is 30.7 Å². The largest absolute Gasteiger partial charge is 0.342 e. The number of aromatic nitrogens is 2. The Morgan fingerprint density at radius 3 is 2.63 bits per heavy atom. The summed E-state index contributed by atoms with van der Waals surface area (Å²) in [7, 11) is 1.74. The van der Waals surface area contributed by atoms with Gasteiger partial charge >= 0.3 is 0 Å². The maximum absolute atomic E-state index is 12.3. The van der Waals surface area contributed by atoms with E-state index in [0.29, 0.717) is 5.69 Å². The van der Waals surface area contributed by atoms with Gasteiger partial charge in [0.1, 0.15) is 11.7 Å². The Hall–Kier alpha value is -1.36. The van der Waals surface area contributed by atoms with Crippen molar-refractivity contribution in [2.45, 2.75) is 33.7 Å². The number of hydrogen-bond donors (Lipinski definition) is 0. The van der Waals surface area contributed by atoms with Crippen LogP contribution in [0.3, 0.4) is 0 Å². The fourth-order valence-electron chi connectivity index (χ4n) is 2.23. The van der Waals surface area contributed by atoms with Gasteiger partial charge in [0.05, 0.1) is 6.20 Å². The molecule has 1 aliphatic heterocycles. The monoisotopic (exact) mass is 282 g/mol. The first-order chi connectivity index (χ1) is 8.70. The van der Waals surface area contributed by atoms with Crippen molar-refractivity contribution in [3.63, 3.8) is 0 Å². The molecule has 1 aromatic heterocycles. The highest BCUT2D eigenvalue weighted by Crippen LogP contribution is 2.35. The van der Waals surface area contributed by atoms with E-state index in [-0.39, 0.29) is 22.6 Å². The highest BCUT2D eigenvalue weighted by Gasteiger charge is 2.36. The van der Waals surface area contributed by atoms with Gasteiger partial charge in [-0.1, -0.05) is 20.8 Å². The van der Waals surface area contributed by atoms with Gasteiger partial charge in [0.25, 0.3) is 0 Å². The topological polar surface area (TPSA) is 49.3 Å². The van der Waals surface area contributed by atoms with Gasteiger partial charge in [0.2, 0.25) is 11.2 Å². The average molecular weight is 283 g/mol. The van der Waals surface area contributed by atoms with Crippen LogP contribution in [-0.2, 0) is 4.79 Å². The van der Waals surface area contributed by atoms with E-state index in [0.717, 1.165) is 12.4 Å². The number of rotatable bonds is 1. The molecule has 1 atom stereocenters. The van der Waals surface area contributed by atoms with E-state index in [1.54, 1.807) is 18.1 Å². The van der Waals surface area contributed by atoms with Gasteiger partial charge < -0.3 is 9.80 Å². The minimum Gasteiger partial charge on any atom is -0.342 e. The number of halogens is 1. The zero-order chi connectivity index (χ0) is 14.4. The van der Waals surface area contributed by atoms with Crippen molar-refractivity contribution in [3.8, 4) is 0 Å². The molecule has 0 aromatic carbocycles. The molecule has 1 unspecified atom stereocenters. The first kappa shape index (κ1) is 14.1. The number of amides is 1. The predicted molar refractivity (Wildman–Crippen MR) is 76.7 cm³/mol. The van der Waals surface area contributed by atoms with Crippen LogP contribution in [0.4, 0.5) is 11.5 Å². The third-order valence-corrected chi connectivity index (χ3v) is 3.34. The molecular formula is C13H19ClN4O. The zero-order valence-corrected chi connectivity index (χ0v) is 12.7. The quantitative estimate of drug-likeness (QED) is 0.742. The van der Waals surface area contributed by atoms with Crippen LogP contribution in [0.5, 0.6) is 0 Å². The van der Waals surface area contributed by atoms with Gasteiger partial charge in [-0.25, -0.2) is 4.98 Å². The predicted octanol–water partition coefficient (Wildman–Crippen LogP) is 2.35.